The summed E-state index contributed by atoms with van der Waals surface area (Å²) in [6.07, 6.45) is 0. The van der Waals surface area contributed by atoms with E-state index in [2.05, 4.69) is 0 Å². The van der Waals surface area contributed by atoms with Gasteiger partial charge in [0.25, 0.3) is 0 Å². The summed E-state index contributed by atoms with van der Waals surface area (Å²) < 4.78 is 34.6. The molecule has 4 aromatic rings. The van der Waals surface area contributed by atoms with Crippen LogP contribution in [0, 0.1) is 14.9 Å². The molecule has 4 rings (SSSR count). The van der Waals surface area contributed by atoms with Gasteiger partial charge in [0.1, 0.15) is 11.5 Å². The molecule has 0 aliphatic carbocycles. The van der Waals surface area contributed by atoms with E-state index in [9.17, 15) is 28.5 Å². The highest BCUT2D eigenvalue weighted by atomic mass is 31.2. The van der Waals surface area contributed by atoms with Crippen molar-refractivity contribution in [3.8, 4) is 11.5 Å². The molecule has 0 radical (unpaired) electrons. The minimum atomic E-state index is -4.92. The Balaban J connectivity index is 0.00000267. The maximum absolute atomic E-state index is 12.5. The Hall–Kier alpha value is -3.93. The molecule has 4 aromatic carbocycles. The van der Waals surface area contributed by atoms with Crippen molar-refractivity contribution in [1.29, 1.82) is 0 Å². The minimum absolute atomic E-state index is 0. The van der Waals surface area contributed by atoms with Crippen molar-refractivity contribution < 1.29 is 37.6 Å². The molecule has 0 aromatic heterocycles. The molecule has 2 atom stereocenters. The molecule has 0 aliphatic heterocycles. The largest absolute Gasteiger partial charge is 0.769 e. The van der Waals surface area contributed by atoms with Crippen molar-refractivity contribution in [1.82, 2.24) is 0 Å². The first-order valence-corrected chi connectivity index (χ1v) is 14.5. The van der Waals surface area contributed by atoms with Crippen molar-refractivity contribution in [3.05, 3.63) is 146 Å². The van der Waals surface area contributed by atoms with Gasteiger partial charge < -0.3 is 26.3 Å². The molecule has 0 aliphatic rings. The van der Waals surface area contributed by atoms with Crippen LogP contribution in [0.3, 0.4) is 0 Å². The molecular formula is C29H26O8P2-2. The van der Waals surface area contributed by atoms with Crippen molar-refractivity contribution in [2.75, 3.05) is 5.90 Å². The highest BCUT2D eigenvalue weighted by Gasteiger charge is 2.22. The standard InChI is InChI=1S/C27H22O8P2.2CH3/c28-26(20-7-3-1-4-8-20)22-11-15-24(16-12-22)34-36(30,31)19-37(32,33)35-25-17-13-23(14-18-25)27(29)21-9-5-2-6-10-21;;/h1-18H,19H2,(H,30,31)(H,32,33);2*1H3/q;-1;+1/p-2. The van der Waals surface area contributed by atoms with Crippen LogP contribution in [0.1, 0.15) is 31.8 Å². The number of hydrogen-bond donors (Lipinski definition) is 0. The van der Waals surface area contributed by atoms with E-state index in [4.69, 9.17) is 9.05 Å². The fourth-order valence-electron chi connectivity index (χ4n) is 3.44. The third kappa shape index (κ3) is 8.54. The second-order valence-electron chi connectivity index (χ2n) is 7.98. The summed E-state index contributed by atoms with van der Waals surface area (Å²) in [6.45, 7) is 0. The molecule has 2 unspecified atom stereocenters. The van der Waals surface area contributed by atoms with E-state index in [1.54, 1.807) is 60.7 Å². The molecule has 10 heteroatoms. The number of carbonyl (C=O) groups is 2. The van der Waals surface area contributed by atoms with Crippen LogP contribution >= 0.6 is 15.2 Å². The van der Waals surface area contributed by atoms with Crippen LogP contribution in [0.4, 0.5) is 0 Å². The number of benzene rings is 4. The summed E-state index contributed by atoms with van der Waals surface area (Å²) in [6, 6.07) is 27.6. The normalized spacial score (nSPS) is 13.4. The lowest BCUT2D eigenvalue weighted by Gasteiger charge is -2.31. The van der Waals surface area contributed by atoms with Crippen LogP contribution < -0.4 is 18.8 Å². The van der Waals surface area contributed by atoms with Gasteiger partial charge in [-0.1, -0.05) is 60.7 Å². The molecule has 0 amide bonds. The van der Waals surface area contributed by atoms with Gasteiger partial charge in [-0.25, -0.2) is 0 Å². The fourth-order valence-corrected chi connectivity index (χ4v) is 6.48. The third-order valence-electron chi connectivity index (χ3n) is 5.14. The van der Waals surface area contributed by atoms with Gasteiger partial charge in [-0.05, 0) is 48.5 Å². The first-order chi connectivity index (χ1) is 17.6. The van der Waals surface area contributed by atoms with E-state index in [1.165, 1.54) is 48.5 Å². The Morgan fingerprint density at radius 3 is 1.13 bits per heavy atom. The smallest absolute Gasteiger partial charge is 0.194 e. The van der Waals surface area contributed by atoms with Crippen LogP contribution in [0.2, 0.25) is 0 Å². The molecular weight excluding hydrogens is 538 g/mol. The van der Waals surface area contributed by atoms with E-state index < -0.39 is 21.1 Å². The number of rotatable bonds is 10. The number of ketones is 2. The van der Waals surface area contributed by atoms with Crippen LogP contribution in [0.15, 0.2) is 109 Å². The van der Waals surface area contributed by atoms with Crippen LogP contribution in [-0.4, -0.2) is 17.5 Å². The molecule has 0 saturated carbocycles. The molecule has 0 spiro atoms. The van der Waals surface area contributed by atoms with Gasteiger partial charge in [0, 0.05) is 29.7 Å². The van der Waals surface area contributed by atoms with Gasteiger partial charge in [0.05, 0.1) is 5.90 Å². The summed E-state index contributed by atoms with van der Waals surface area (Å²) in [5.41, 5.74) is 1.55. The Bertz CT molecular complexity index is 1370. The van der Waals surface area contributed by atoms with E-state index in [1.807, 2.05) is 0 Å². The average molecular weight is 564 g/mol. The highest BCUT2D eigenvalue weighted by molar-refractivity contribution is 7.69. The maximum Gasteiger partial charge on any atom is 0.194 e. The zero-order valence-electron chi connectivity index (χ0n) is 21.3. The predicted molar refractivity (Wildman–Crippen MR) is 147 cm³/mol. The summed E-state index contributed by atoms with van der Waals surface area (Å²) in [5, 5.41) is 0. The Morgan fingerprint density at radius 2 is 0.821 bits per heavy atom. The first kappa shape index (κ1) is 31.3. The number of carbonyl (C=O) groups excluding carboxylic acids is 2. The molecule has 8 nitrogen and oxygen atoms in total. The Morgan fingerprint density at radius 1 is 0.538 bits per heavy atom. The molecule has 0 N–H and O–H groups in total. The Kier molecular flexibility index (Phi) is 10.6. The van der Waals surface area contributed by atoms with Gasteiger partial charge >= 0.3 is 0 Å². The Labute approximate surface area is 228 Å². The molecule has 202 valence electrons. The third-order valence-corrected chi connectivity index (χ3v) is 8.89. The first-order valence-electron chi connectivity index (χ1n) is 11.0. The van der Waals surface area contributed by atoms with Gasteiger partial charge in [0.2, 0.25) is 0 Å². The molecule has 0 bridgehead atoms. The summed E-state index contributed by atoms with van der Waals surface area (Å²) in [5.74, 6) is -2.20. The van der Waals surface area contributed by atoms with Crippen molar-refractivity contribution in [2.24, 2.45) is 0 Å². The van der Waals surface area contributed by atoms with Gasteiger partial charge in [-0.3, -0.25) is 18.7 Å². The lowest BCUT2D eigenvalue weighted by Crippen LogP contribution is -2.18. The van der Waals surface area contributed by atoms with E-state index in [-0.39, 0.29) is 37.9 Å². The molecule has 39 heavy (non-hydrogen) atoms. The lowest BCUT2D eigenvalue weighted by atomic mass is 10.0. The monoisotopic (exact) mass is 564 g/mol. The molecule has 0 saturated heterocycles. The van der Waals surface area contributed by atoms with E-state index >= 15 is 0 Å². The topological polar surface area (TPSA) is 133 Å². The summed E-state index contributed by atoms with van der Waals surface area (Å²) in [7, 11) is -9.85. The van der Waals surface area contributed by atoms with Crippen molar-refractivity contribution in [2.45, 2.75) is 0 Å². The quantitative estimate of drug-likeness (QED) is 0.139. The van der Waals surface area contributed by atoms with Gasteiger partial charge in [-0.15, -0.1) is 0 Å². The average Bonchev–Trinajstić information content (AvgIpc) is 2.88. The second-order valence-corrected chi connectivity index (χ2v) is 11.9. The van der Waals surface area contributed by atoms with Crippen LogP contribution in [-0.2, 0) is 9.13 Å². The predicted octanol–water partition coefficient (Wildman–Crippen LogP) is 5.57. The molecule has 0 fully saturated rings. The van der Waals surface area contributed by atoms with Crippen molar-refractivity contribution in [3.63, 3.8) is 0 Å². The van der Waals surface area contributed by atoms with Gasteiger partial charge in [-0.2, -0.15) is 0 Å². The SMILES string of the molecule is O=C(c1ccccc1)c1ccc(OP(=O)([O-])CP(=O)([O-])Oc2ccc(C(=O)c3ccccc3)cc2)cc1.[CH3+].[CH3-]. The van der Waals surface area contributed by atoms with Crippen molar-refractivity contribution >= 4 is 26.8 Å². The maximum atomic E-state index is 12.5. The zero-order valence-corrected chi connectivity index (χ0v) is 23.0. The lowest BCUT2D eigenvalue weighted by molar-refractivity contribution is -0.199. The second kappa shape index (κ2) is 13.2. The fraction of sp³-hybridized carbons (Fsp3) is 0.0345. The van der Waals surface area contributed by atoms with Crippen LogP contribution in [0.25, 0.3) is 0 Å². The molecule has 0 heterocycles. The van der Waals surface area contributed by atoms with Gasteiger partial charge in [0.15, 0.2) is 26.8 Å². The summed E-state index contributed by atoms with van der Waals surface area (Å²) >= 11 is 0. The van der Waals surface area contributed by atoms with E-state index in [0.29, 0.717) is 22.3 Å². The summed E-state index contributed by atoms with van der Waals surface area (Å²) in [4.78, 5) is 49.7. The number of hydrogen-bond acceptors (Lipinski definition) is 8. The zero-order chi connectivity index (χ0) is 26.5. The van der Waals surface area contributed by atoms with Crippen LogP contribution in [0.5, 0.6) is 11.5 Å². The van der Waals surface area contributed by atoms with E-state index in [0.717, 1.165) is 0 Å². The highest BCUT2D eigenvalue weighted by Crippen LogP contribution is 2.53. The minimum Gasteiger partial charge on any atom is -0.769 e.